The Morgan fingerprint density at radius 3 is 3.09 bits per heavy atom. The summed E-state index contributed by atoms with van der Waals surface area (Å²) in [7, 11) is 0. The molecule has 0 spiro atoms. The third kappa shape index (κ3) is 1.36. The lowest BCUT2D eigenvalue weighted by Crippen LogP contribution is -2.03. The first kappa shape index (κ1) is 7.39. The number of rotatable bonds is 0. The van der Waals surface area contributed by atoms with Crippen LogP contribution in [0.3, 0.4) is 0 Å². The van der Waals surface area contributed by atoms with E-state index in [1.165, 1.54) is 25.7 Å². The van der Waals surface area contributed by atoms with Crippen molar-refractivity contribution in [3.63, 3.8) is 0 Å². The molecule has 1 fully saturated rings. The number of hydrogen-bond acceptors (Lipinski definition) is 0. The van der Waals surface area contributed by atoms with Crippen LogP contribution >= 0.6 is 0 Å². The summed E-state index contributed by atoms with van der Waals surface area (Å²) in [5, 5.41) is 0. The Hall–Kier alpha value is -0.260. The van der Waals surface area contributed by atoms with E-state index in [1.807, 2.05) is 0 Å². The molecule has 3 atom stereocenters. The first-order valence-electron chi connectivity index (χ1n) is 4.87. The van der Waals surface area contributed by atoms with E-state index in [4.69, 9.17) is 0 Å². The van der Waals surface area contributed by atoms with Gasteiger partial charge in [0.2, 0.25) is 0 Å². The van der Waals surface area contributed by atoms with Crippen LogP contribution in [0.1, 0.15) is 39.5 Å². The maximum atomic E-state index is 2.46. The largest absolute Gasteiger partial charge is 0.0880 e. The molecule has 0 saturated heterocycles. The molecule has 2 aliphatic carbocycles. The van der Waals surface area contributed by atoms with E-state index in [0.717, 1.165) is 17.3 Å². The van der Waals surface area contributed by atoms with Crippen LogP contribution in [0.2, 0.25) is 0 Å². The third-order valence-electron chi connectivity index (χ3n) is 3.59. The molecule has 0 amide bonds. The lowest BCUT2D eigenvalue weighted by Gasteiger charge is -2.15. The predicted molar refractivity (Wildman–Crippen MR) is 48.4 cm³/mol. The molecule has 0 bridgehead atoms. The fraction of sp³-hybridized carbons (Fsp3) is 0.818. The molecule has 0 nitrogen and oxygen atoms in total. The third-order valence-corrected chi connectivity index (χ3v) is 3.59. The van der Waals surface area contributed by atoms with Crippen LogP contribution in [-0.2, 0) is 0 Å². The van der Waals surface area contributed by atoms with Crippen molar-refractivity contribution < 1.29 is 0 Å². The van der Waals surface area contributed by atoms with Crippen molar-refractivity contribution in [2.75, 3.05) is 0 Å². The van der Waals surface area contributed by atoms with Gasteiger partial charge in [0.25, 0.3) is 0 Å². The topological polar surface area (TPSA) is 0 Å². The second-order valence-electron chi connectivity index (χ2n) is 4.73. The van der Waals surface area contributed by atoms with Gasteiger partial charge in [-0.1, -0.05) is 26.0 Å². The van der Waals surface area contributed by atoms with Crippen LogP contribution in [0.4, 0.5) is 0 Å². The molecule has 0 heteroatoms. The molecule has 1 saturated carbocycles. The first-order valence-corrected chi connectivity index (χ1v) is 4.87. The van der Waals surface area contributed by atoms with Gasteiger partial charge in [0, 0.05) is 0 Å². The summed E-state index contributed by atoms with van der Waals surface area (Å²) in [6, 6.07) is 0. The summed E-state index contributed by atoms with van der Waals surface area (Å²) in [6.45, 7) is 4.80. The van der Waals surface area contributed by atoms with Crippen molar-refractivity contribution >= 4 is 0 Å². The van der Waals surface area contributed by atoms with E-state index in [1.54, 1.807) is 0 Å². The van der Waals surface area contributed by atoms with Crippen molar-refractivity contribution in [3.05, 3.63) is 12.2 Å². The van der Waals surface area contributed by atoms with Gasteiger partial charge in [-0.15, -0.1) is 0 Å². The summed E-state index contributed by atoms with van der Waals surface area (Å²) in [5.74, 6) is 1.86. The Morgan fingerprint density at radius 2 is 2.27 bits per heavy atom. The van der Waals surface area contributed by atoms with E-state index in [-0.39, 0.29) is 0 Å². The fourth-order valence-corrected chi connectivity index (χ4v) is 2.31. The average molecular weight is 150 g/mol. The molecule has 3 unspecified atom stereocenters. The Kier molecular flexibility index (Phi) is 1.59. The molecule has 0 aliphatic heterocycles. The maximum absolute atomic E-state index is 2.46. The van der Waals surface area contributed by atoms with E-state index in [9.17, 15) is 0 Å². The zero-order valence-corrected chi connectivity index (χ0v) is 7.64. The van der Waals surface area contributed by atoms with Crippen LogP contribution in [0.15, 0.2) is 12.2 Å². The SMILES string of the molecule is CC1C=CCC2CC2(C)CC1. The lowest BCUT2D eigenvalue weighted by molar-refractivity contribution is 0.409. The molecule has 11 heavy (non-hydrogen) atoms. The van der Waals surface area contributed by atoms with E-state index in [0.29, 0.717) is 0 Å². The molecule has 0 radical (unpaired) electrons. The summed E-state index contributed by atoms with van der Waals surface area (Å²) in [6.07, 6.45) is 10.5. The van der Waals surface area contributed by atoms with Gasteiger partial charge in [0.05, 0.1) is 0 Å². The normalized spacial score (nSPS) is 49.3. The zero-order chi connectivity index (χ0) is 7.90. The lowest BCUT2D eigenvalue weighted by atomic mass is 9.90. The van der Waals surface area contributed by atoms with Crippen LogP contribution in [-0.4, -0.2) is 0 Å². The second kappa shape index (κ2) is 2.36. The Bertz CT molecular complexity index is 180. The fourth-order valence-electron chi connectivity index (χ4n) is 2.31. The highest BCUT2D eigenvalue weighted by molar-refractivity contribution is 5.05. The summed E-state index contributed by atoms with van der Waals surface area (Å²) < 4.78 is 0. The monoisotopic (exact) mass is 150 g/mol. The zero-order valence-electron chi connectivity index (χ0n) is 7.64. The summed E-state index contributed by atoms with van der Waals surface area (Å²) in [4.78, 5) is 0. The maximum Gasteiger partial charge on any atom is -0.0262 e. The van der Waals surface area contributed by atoms with Gasteiger partial charge in [0.15, 0.2) is 0 Å². The number of hydrogen-bond donors (Lipinski definition) is 0. The summed E-state index contributed by atoms with van der Waals surface area (Å²) >= 11 is 0. The molecular weight excluding hydrogens is 132 g/mol. The highest BCUT2D eigenvalue weighted by Gasteiger charge is 2.48. The van der Waals surface area contributed by atoms with Crippen molar-refractivity contribution in [2.45, 2.75) is 39.5 Å². The van der Waals surface area contributed by atoms with Crippen molar-refractivity contribution in [2.24, 2.45) is 17.3 Å². The van der Waals surface area contributed by atoms with Crippen LogP contribution in [0.25, 0.3) is 0 Å². The highest BCUT2D eigenvalue weighted by atomic mass is 14.5. The molecular formula is C11H18. The number of fused-ring (bicyclic) bond motifs is 1. The van der Waals surface area contributed by atoms with Gasteiger partial charge in [-0.2, -0.15) is 0 Å². The van der Waals surface area contributed by atoms with Crippen molar-refractivity contribution in [1.29, 1.82) is 0 Å². The minimum Gasteiger partial charge on any atom is -0.0880 e. The van der Waals surface area contributed by atoms with Crippen molar-refractivity contribution in [3.8, 4) is 0 Å². The van der Waals surface area contributed by atoms with Crippen LogP contribution in [0.5, 0.6) is 0 Å². The number of allylic oxidation sites excluding steroid dienone is 2. The predicted octanol–water partition coefficient (Wildman–Crippen LogP) is 3.39. The molecule has 2 rings (SSSR count). The second-order valence-corrected chi connectivity index (χ2v) is 4.73. The highest BCUT2D eigenvalue weighted by Crippen LogP contribution is 2.58. The molecule has 0 aromatic carbocycles. The molecule has 0 aromatic rings. The molecule has 62 valence electrons. The van der Waals surface area contributed by atoms with Gasteiger partial charge < -0.3 is 0 Å². The Morgan fingerprint density at radius 1 is 1.45 bits per heavy atom. The molecule has 0 N–H and O–H groups in total. The van der Waals surface area contributed by atoms with E-state index < -0.39 is 0 Å². The van der Waals surface area contributed by atoms with E-state index in [2.05, 4.69) is 26.0 Å². The van der Waals surface area contributed by atoms with Crippen LogP contribution in [0, 0.1) is 17.3 Å². The van der Waals surface area contributed by atoms with Gasteiger partial charge >= 0.3 is 0 Å². The standard InChI is InChI=1S/C11H18/c1-9-4-3-5-10-8-11(10,2)7-6-9/h3-4,9-10H,5-8H2,1-2H3. The average Bonchev–Trinajstić information content (AvgIpc) is 2.56. The van der Waals surface area contributed by atoms with Gasteiger partial charge in [-0.3, -0.25) is 0 Å². The van der Waals surface area contributed by atoms with Gasteiger partial charge in [-0.05, 0) is 42.9 Å². The van der Waals surface area contributed by atoms with Crippen molar-refractivity contribution in [1.82, 2.24) is 0 Å². The van der Waals surface area contributed by atoms with Crippen LogP contribution < -0.4 is 0 Å². The quantitative estimate of drug-likeness (QED) is 0.464. The Balaban J connectivity index is 2.03. The Labute approximate surface area is 69.7 Å². The molecule has 0 aromatic heterocycles. The van der Waals surface area contributed by atoms with Gasteiger partial charge in [0.1, 0.15) is 0 Å². The molecule has 0 heterocycles. The first-order chi connectivity index (χ1) is 5.21. The minimum atomic E-state index is 0.749. The molecule has 2 aliphatic rings. The smallest absolute Gasteiger partial charge is 0.0262 e. The minimum absolute atomic E-state index is 0.749. The van der Waals surface area contributed by atoms with Gasteiger partial charge in [-0.25, -0.2) is 0 Å². The van der Waals surface area contributed by atoms with E-state index >= 15 is 0 Å². The summed E-state index contributed by atoms with van der Waals surface area (Å²) in [5.41, 5.74) is 0.749.